The summed E-state index contributed by atoms with van der Waals surface area (Å²) in [5.41, 5.74) is 3.47. The molecule has 19 heavy (non-hydrogen) atoms. The molecule has 0 saturated carbocycles. The van der Waals surface area contributed by atoms with Gasteiger partial charge in [0.05, 0.1) is 5.54 Å². The lowest BCUT2D eigenvalue weighted by Crippen LogP contribution is -2.40. The van der Waals surface area contributed by atoms with Crippen LogP contribution < -0.4 is 5.32 Å². The quantitative estimate of drug-likeness (QED) is 0.789. The predicted molar refractivity (Wildman–Crippen MR) is 75.2 cm³/mol. The maximum atomic E-state index is 10.9. The molecular weight excluding hydrogens is 240 g/mol. The Kier molecular flexibility index (Phi) is 3.34. The van der Waals surface area contributed by atoms with Gasteiger partial charge in [0.25, 0.3) is 0 Å². The molecule has 2 rings (SSSR count). The third kappa shape index (κ3) is 2.78. The van der Waals surface area contributed by atoms with Crippen LogP contribution in [0, 0.1) is 6.92 Å². The molecular formula is C15H18N2O2. The van der Waals surface area contributed by atoms with Gasteiger partial charge in [0, 0.05) is 17.5 Å². The van der Waals surface area contributed by atoms with E-state index in [4.69, 9.17) is 5.11 Å². The number of aromatic nitrogens is 1. The number of H-pyrrole nitrogens is 1. The summed E-state index contributed by atoms with van der Waals surface area (Å²) in [6.45, 7) is 5.72. The van der Waals surface area contributed by atoms with E-state index in [0.717, 1.165) is 16.8 Å². The molecule has 4 heteroatoms. The van der Waals surface area contributed by atoms with E-state index in [2.05, 4.69) is 10.3 Å². The Hall–Kier alpha value is -2.23. The second kappa shape index (κ2) is 4.80. The molecule has 0 bridgehead atoms. The molecule has 1 aromatic carbocycles. The van der Waals surface area contributed by atoms with Gasteiger partial charge in [-0.15, -0.1) is 0 Å². The molecule has 0 aliphatic rings. The molecule has 0 aliphatic heterocycles. The molecule has 0 spiro atoms. The van der Waals surface area contributed by atoms with E-state index >= 15 is 0 Å². The van der Waals surface area contributed by atoms with Gasteiger partial charge in [-0.05, 0) is 32.4 Å². The maximum Gasteiger partial charge on any atom is 0.405 e. The van der Waals surface area contributed by atoms with Crippen molar-refractivity contribution in [3.63, 3.8) is 0 Å². The molecule has 100 valence electrons. The van der Waals surface area contributed by atoms with Gasteiger partial charge in [-0.2, -0.15) is 0 Å². The van der Waals surface area contributed by atoms with Gasteiger partial charge in [0.2, 0.25) is 0 Å². The SMILES string of the molecule is Cc1ccc(-c2cc[nH]c2C(C)(C)NC(=O)O)cc1. The lowest BCUT2D eigenvalue weighted by molar-refractivity contribution is 0.182. The van der Waals surface area contributed by atoms with Crippen LogP contribution in [0.15, 0.2) is 36.5 Å². The van der Waals surface area contributed by atoms with E-state index in [1.54, 1.807) is 0 Å². The molecule has 1 amide bonds. The zero-order valence-electron chi connectivity index (χ0n) is 11.3. The number of amides is 1. The first kappa shape index (κ1) is 13.2. The summed E-state index contributed by atoms with van der Waals surface area (Å²) in [6.07, 6.45) is 0.796. The van der Waals surface area contributed by atoms with E-state index < -0.39 is 11.6 Å². The fourth-order valence-corrected chi connectivity index (χ4v) is 2.19. The number of carboxylic acid groups (broad SMARTS) is 1. The summed E-state index contributed by atoms with van der Waals surface area (Å²) < 4.78 is 0. The summed E-state index contributed by atoms with van der Waals surface area (Å²) in [4.78, 5) is 14.0. The standard InChI is InChI=1S/C15H18N2O2/c1-10-4-6-11(7-5-10)12-8-9-16-13(12)15(2,3)17-14(18)19/h4-9,16-17H,1-3H3,(H,18,19). The third-order valence-electron chi connectivity index (χ3n) is 3.15. The number of hydrogen-bond donors (Lipinski definition) is 3. The van der Waals surface area contributed by atoms with Gasteiger partial charge in [-0.25, -0.2) is 4.79 Å². The van der Waals surface area contributed by atoms with Crippen LogP contribution in [0.5, 0.6) is 0 Å². The normalized spacial score (nSPS) is 11.3. The van der Waals surface area contributed by atoms with Crippen molar-refractivity contribution in [1.29, 1.82) is 0 Å². The average Bonchev–Trinajstić information content (AvgIpc) is 2.78. The molecule has 2 aromatic rings. The van der Waals surface area contributed by atoms with Crippen LogP contribution in [0.1, 0.15) is 25.1 Å². The van der Waals surface area contributed by atoms with Crippen molar-refractivity contribution in [1.82, 2.24) is 10.3 Å². The van der Waals surface area contributed by atoms with Crippen LogP contribution in [0.25, 0.3) is 11.1 Å². The summed E-state index contributed by atoms with van der Waals surface area (Å²) in [5, 5.41) is 11.4. The molecule has 0 aliphatic carbocycles. The molecule has 1 aromatic heterocycles. The third-order valence-corrected chi connectivity index (χ3v) is 3.15. The molecule has 0 fully saturated rings. The lowest BCUT2D eigenvalue weighted by Gasteiger charge is -2.25. The van der Waals surface area contributed by atoms with E-state index in [9.17, 15) is 4.79 Å². The van der Waals surface area contributed by atoms with Gasteiger partial charge >= 0.3 is 6.09 Å². The Morgan fingerprint density at radius 2 is 1.84 bits per heavy atom. The van der Waals surface area contributed by atoms with Crippen LogP contribution >= 0.6 is 0 Å². The number of benzene rings is 1. The van der Waals surface area contributed by atoms with E-state index in [1.807, 2.05) is 57.3 Å². The zero-order valence-corrected chi connectivity index (χ0v) is 11.3. The van der Waals surface area contributed by atoms with Crippen LogP contribution in [-0.2, 0) is 5.54 Å². The van der Waals surface area contributed by atoms with Crippen LogP contribution in [0.4, 0.5) is 4.79 Å². The fraction of sp³-hybridized carbons (Fsp3) is 0.267. The van der Waals surface area contributed by atoms with Crippen molar-refractivity contribution in [3.8, 4) is 11.1 Å². The summed E-state index contributed by atoms with van der Waals surface area (Å²) in [5.74, 6) is 0. The molecule has 0 unspecified atom stereocenters. The first-order chi connectivity index (χ1) is 8.90. The molecule has 4 nitrogen and oxygen atoms in total. The highest BCUT2D eigenvalue weighted by Crippen LogP contribution is 2.30. The molecule has 3 N–H and O–H groups in total. The second-order valence-corrected chi connectivity index (χ2v) is 5.19. The van der Waals surface area contributed by atoms with Gasteiger partial charge in [-0.1, -0.05) is 29.8 Å². The summed E-state index contributed by atoms with van der Waals surface area (Å²) in [7, 11) is 0. The Labute approximate surface area is 112 Å². The first-order valence-corrected chi connectivity index (χ1v) is 6.16. The van der Waals surface area contributed by atoms with Crippen molar-refractivity contribution in [2.75, 3.05) is 0 Å². The van der Waals surface area contributed by atoms with Crippen molar-refractivity contribution in [3.05, 3.63) is 47.8 Å². The predicted octanol–water partition coefficient (Wildman–Crippen LogP) is 3.49. The topological polar surface area (TPSA) is 65.1 Å². The number of hydrogen-bond acceptors (Lipinski definition) is 1. The minimum Gasteiger partial charge on any atom is -0.465 e. The number of aromatic amines is 1. The highest BCUT2D eigenvalue weighted by atomic mass is 16.4. The number of aryl methyl sites for hydroxylation is 1. The Morgan fingerprint density at radius 1 is 1.21 bits per heavy atom. The maximum absolute atomic E-state index is 10.9. The van der Waals surface area contributed by atoms with Gasteiger partial charge in [-0.3, -0.25) is 0 Å². The smallest absolute Gasteiger partial charge is 0.405 e. The minimum atomic E-state index is -1.03. The Bertz CT molecular complexity index is 582. The summed E-state index contributed by atoms with van der Waals surface area (Å²) >= 11 is 0. The molecule has 1 heterocycles. The van der Waals surface area contributed by atoms with Crippen LogP contribution in [0.2, 0.25) is 0 Å². The summed E-state index contributed by atoms with van der Waals surface area (Å²) in [6, 6.07) is 10.1. The highest BCUT2D eigenvalue weighted by molar-refractivity contribution is 5.70. The zero-order chi connectivity index (χ0) is 14.0. The molecule has 0 atom stereocenters. The van der Waals surface area contributed by atoms with Crippen molar-refractivity contribution in [2.24, 2.45) is 0 Å². The van der Waals surface area contributed by atoms with Crippen LogP contribution in [-0.4, -0.2) is 16.2 Å². The highest BCUT2D eigenvalue weighted by Gasteiger charge is 2.27. The minimum absolute atomic E-state index is 0.671. The van der Waals surface area contributed by atoms with Crippen molar-refractivity contribution < 1.29 is 9.90 Å². The molecule has 0 radical (unpaired) electrons. The number of nitrogens with one attached hydrogen (secondary N) is 2. The van der Waals surface area contributed by atoms with Crippen molar-refractivity contribution in [2.45, 2.75) is 26.3 Å². The van der Waals surface area contributed by atoms with Crippen molar-refractivity contribution >= 4 is 6.09 Å². The van der Waals surface area contributed by atoms with E-state index in [1.165, 1.54) is 5.56 Å². The van der Waals surface area contributed by atoms with Gasteiger partial charge in [0.1, 0.15) is 0 Å². The Balaban J connectivity index is 2.42. The van der Waals surface area contributed by atoms with E-state index in [-0.39, 0.29) is 0 Å². The lowest BCUT2D eigenvalue weighted by atomic mass is 9.93. The van der Waals surface area contributed by atoms with Gasteiger partial charge in [0.15, 0.2) is 0 Å². The fourth-order valence-electron chi connectivity index (χ4n) is 2.19. The Morgan fingerprint density at radius 3 is 2.42 bits per heavy atom. The average molecular weight is 258 g/mol. The number of carbonyl (C=O) groups is 1. The second-order valence-electron chi connectivity index (χ2n) is 5.19. The van der Waals surface area contributed by atoms with E-state index in [0.29, 0.717) is 0 Å². The number of rotatable bonds is 3. The molecule has 0 saturated heterocycles. The monoisotopic (exact) mass is 258 g/mol. The first-order valence-electron chi connectivity index (χ1n) is 6.16. The van der Waals surface area contributed by atoms with Gasteiger partial charge < -0.3 is 15.4 Å². The largest absolute Gasteiger partial charge is 0.465 e. The van der Waals surface area contributed by atoms with Crippen LogP contribution in [0.3, 0.4) is 0 Å².